The number of hydrogen-bond acceptors (Lipinski definition) is 3. The molecule has 1 aromatic heterocycles. The van der Waals surface area contributed by atoms with E-state index in [1.54, 1.807) is 17.1 Å². The number of likely N-dealkylation sites (tertiary alicyclic amines) is 1. The molecule has 1 amide bonds. The van der Waals surface area contributed by atoms with Crippen LogP contribution in [-0.4, -0.2) is 46.8 Å². The summed E-state index contributed by atoms with van der Waals surface area (Å²) < 4.78 is 2.72. The first-order valence-electron chi connectivity index (χ1n) is 7.44. The van der Waals surface area contributed by atoms with Gasteiger partial charge in [-0.2, -0.15) is 5.10 Å². The third-order valence-corrected chi connectivity index (χ3v) is 4.51. The zero-order valence-electron chi connectivity index (χ0n) is 12.5. The Kier molecular flexibility index (Phi) is 4.59. The van der Waals surface area contributed by atoms with E-state index in [1.165, 1.54) is 0 Å². The molecule has 0 spiro atoms. The predicted molar refractivity (Wildman–Crippen MR) is 89.2 cm³/mol. The van der Waals surface area contributed by atoms with Crippen LogP contribution in [0.25, 0.3) is 5.69 Å². The Labute approximate surface area is 138 Å². The smallest absolute Gasteiger partial charge is 0.257 e. The minimum absolute atomic E-state index is 0.0567. The van der Waals surface area contributed by atoms with E-state index in [1.807, 2.05) is 36.2 Å². The highest BCUT2D eigenvalue weighted by atomic mass is 79.9. The number of piperidine rings is 1. The average Bonchev–Trinajstić information content (AvgIpc) is 3.04. The molecule has 1 atom stereocenters. The lowest BCUT2D eigenvalue weighted by Gasteiger charge is -2.32. The topological polar surface area (TPSA) is 50.2 Å². The van der Waals surface area contributed by atoms with Crippen molar-refractivity contribution in [2.45, 2.75) is 18.9 Å². The van der Waals surface area contributed by atoms with Crippen LogP contribution in [0.3, 0.4) is 0 Å². The van der Waals surface area contributed by atoms with Crippen molar-refractivity contribution in [3.05, 3.63) is 46.7 Å². The molecule has 1 fully saturated rings. The molecule has 1 saturated heterocycles. The molecule has 1 aliphatic rings. The van der Waals surface area contributed by atoms with Gasteiger partial charge in [0.1, 0.15) is 0 Å². The van der Waals surface area contributed by atoms with Crippen LogP contribution >= 0.6 is 15.9 Å². The summed E-state index contributed by atoms with van der Waals surface area (Å²) in [5.41, 5.74) is 1.57. The summed E-state index contributed by atoms with van der Waals surface area (Å²) in [4.78, 5) is 14.5. The Morgan fingerprint density at radius 3 is 3.09 bits per heavy atom. The standard InChI is InChI=1S/C16H19BrN4O/c1-18-14-5-3-7-20(11-14)16(22)12-9-19-21(10-12)15-6-2-4-13(17)8-15/h2,4,6,8-10,14,18H,3,5,7,11H2,1H3/t14-/m0/s1. The largest absolute Gasteiger partial charge is 0.337 e. The van der Waals surface area contributed by atoms with E-state index in [0.29, 0.717) is 11.6 Å². The highest BCUT2D eigenvalue weighted by Gasteiger charge is 2.24. The van der Waals surface area contributed by atoms with Crippen LogP contribution in [0.4, 0.5) is 0 Å². The van der Waals surface area contributed by atoms with Gasteiger partial charge in [0.2, 0.25) is 0 Å². The van der Waals surface area contributed by atoms with Crippen LogP contribution in [-0.2, 0) is 0 Å². The summed E-state index contributed by atoms with van der Waals surface area (Å²) >= 11 is 3.45. The molecule has 0 saturated carbocycles. The van der Waals surface area contributed by atoms with Crippen LogP contribution in [0, 0.1) is 0 Å². The monoisotopic (exact) mass is 362 g/mol. The number of amides is 1. The summed E-state index contributed by atoms with van der Waals surface area (Å²) in [7, 11) is 1.95. The first-order chi connectivity index (χ1) is 10.7. The summed E-state index contributed by atoms with van der Waals surface area (Å²) in [5.74, 6) is 0.0567. The second kappa shape index (κ2) is 6.62. The first kappa shape index (κ1) is 15.2. The lowest BCUT2D eigenvalue weighted by atomic mass is 10.1. The van der Waals surface area contributed by atoms with Crippen LogP contribution in [0.2, 0.25) is 0 Å². The van der Waals surface area contributed by atoms with E-state index >= 15 is 0 Å². The highest BCUT2D eigenvalue weighted by Crippen LogP contribution is 2.17. The van der Waals surface area contributed by atoms with Gasteiger partial charge in [-0.25, -0.2) is 4.68 Å². The maximum Gasteiger partial charge on any atom is 0.257 e. The Morgan fingerprint density at radius 2 is 2.32 bits per heavy atom. The van der Waals surface area contributed by atoms with Gasteiger partial charge in [0.15, 0.2) is 0 Å². The minimum atomic E-state index is 0.0567. The maximum absolute atomic E-state index is 12.6. The fraction of sp³-hybridized carbons (Fsp3) is 0.375. The van der Waals surface area contributed by atoms with E-state index in [2.05, 4.69) is 26.3 Å². The minimum Gasteiger partial charge on any atom is -0.337 e. The molecule has 0 aliphatic carbocycles. The number of benzene rings is 1. The van der Waals surface area contributed by atoms with Gasteiger partial charge in [-0.05, 0) is 38.1 Å². The lowest BCUT2D eigenvalue weighted by Crippen LogP contribution is -2.46. The molecule has 0 bridgehead atoms. The fourth-order valence-corrected chi connectivity index (χ4v) is 3.16. The van der Waals surface area contributed by atoms with Crippen LogP contribution in [0.15, 0.2) is 41.1 Å². The number of aromatic nitrogens is 2. The number of likely N-dealkylation sites (N-methyl/N-ethyl adjacent to an activating group) is 1. The molecule has 3 rings (SSSR count). The predicted octanol–water partition coefficient (Wildman–Crippen LogP) is 2.46. The molecule has 2 heterocycles. The van der Waals surface area contributed by atoms with Crippen molar-refractivity contribution in [3.8, 4) is 5.69 Å². The SMILES string of the molecule is CN[C@H]1CCCN(C(=O)c2cnn(-c3cccc(Br)c3)c2)C1. The lowest BCUT2D eigenvalue weighted by molar-refractivity contribution is 0.0698. The van der Waals surface area contributed by atoms with E-state index in [4.69, 9.17) is 0 Å². The number of carbonyl (C=O) groups excluding carboxylic acids is 1. The van der Waals surface area contributed by atoms with Gasteiger partial charge in [0.25, 0.3) is 5.91 Å². The third-order valence-electron chi connectivity index (χ3n) is 4.02. The highest BCUT2D eigenvalue weighted by molar-refractivity contribution is 9.10. The number of nitrogens with one attached hydrogen (secondary N) is 1. The number of rotatable bonds is 3. The molecule has 1 aromatic carbocycles. The zero-order valence-corrected chi connectivity index (χ0v) is 14.1. The Hall–Kier alpha value is -1.66. The van der Waals surface area contributed by atoms with Gasteiger partial charge in [0.05, 0.1) is 17.4 Å². The summed E-state index contributed by atoms with van der Waals surface area (Å²) in [6.07, 6.45) is 5.61. The van der Waals surface area contributed by atoms with Crippen LogP contribution in [0.5, 0.6) is 0 Å². The summed E-state index contributed by atoms with van der Waals surface area (Å²) in [5, 5.41) is 7.57. The molecule has 5 nitrogen and oxygen atoms in total. The Balaban J connectivity index is 1.77. The van der Waals surface area contributed by atoms with Gasteiger partial charge >= 0.3 is 0 Å². The van der Waals surface area contributed by atoms with Crippen molar-refractivity contribution in [1.82, 2.24) is 20.0 Å². The fourth-order valence-electron chi connectivity index (χ4n) is 2.77. The summed E-state index contributed by atoms with van der Waals surface area (Å²) in [6.45, 7) is 1.58. The van der Waals surface area contributed by atoms with Crippen molar-refractivity contribution in [2.75, 3.05) is 20.1 Å². The number of nitrogens with zero attached hydrogens (tertiary/aromatic N) is 3. The number of carbonyl (C=O) groups is 1. The molecule has 116 valence electrons. The molecule has 0 unspecified atom stereocenters. The van der Waals surface area contributed by atoms with Gasteiger partial charge in [-0.1, -0.05) is 22.0 Å². The van der Waals surface area contributed by atoms with Crippen molar-refractivity contribution in [2.24, 2.45) is 0 Å². The normalized spacial score (nSPS) is 18.5. The van der Waals surface area contributed by atoms with Gasteiger partial charge in [-0.15, -0.1) is 0 Å². The molecule has 22 heavy (non-hydrogen) atoms. The number of halogens is 1. The Bertz CT molecular complexity index is 670. The molecule has 1 aliphatic heterocycles. The van der Waals surface area contributed by atoms with Crippen LogP contribution in [0.1, 0.15) is 23.2 Å². The van der Waals surface area contributed by atoms with Gasteiger partial charge < -0.3 is 10.2 Å². The zero-order chi connectivity index (χ0) is 15.5. The first-order valence-corrected chi connectivity index (χ1v) is 8.24. The van der Waals surface area contributed by atoms with E-state index in [0.717, 1.165) is 36.1 Å². The maximum atomic E-state index is 12.6. The molecule has 6 heteroatoms. The van der Waals surface area contributed by atoms with E-state index in [-0.39, 0.29) is 5.91 Å². The van der Waals surface area contributed by atoms with Crippen LogP contribution < -0.4 is 5.32 Å². The van der Waals surface area contributed by atoms with Crippen molar-refractivity contribution in [1.29, 1.82) is 0 Å². The van der Waals surface area contributed by atoms with Crippen molar-refractivity contribution >= 4 is 21.8 Å². The van der Waals surface area contributed by atoms with Crippen molar-refractivity contribution in [3.63, 3.8) is 0 Å². The van der Waals surface area contributed by atoms with E-state index in [9.17, 15) is 4.79 Å². The molecular formula is C16H19BrN4O. The molecule has 2 aromatic rings. The van der Waals surface area contributed by atoms with Gasteiger partial charge in [0, 0.05) is 29.8 Å². The second-order valence-corrected chi connectivity index (χ2v) is 6.45. The van der Waals surface area contributed by atoms with Crippen molar-refractivity contribution < 1.29 is 4.79 Å². The second-order valence-electron chi connectivity index (χ2n) is 5.53. The third kappa shape index (κ3) is 3.23. The number of hydrogen-bond donors (Lipinski definition) is 1. The Morgan fingerprint density at radius 1 is 1.45 bits per heavy atom. The molecule has 0 radical (unpaired) electrons. The molecule has 1 N–H and O–H groups in total. The van der Waals surface area contributed by atoms with Gasteiger partial charge in [-0.3, -0.25) is 4.79 Å². The molecular weight excluding hydrogens is 344 g/mol. The average molecular weight is 363 g/mol. The summed E-state index contributed by atoms with van der Waals surface area (Å²) in [6, 6.07) is 8.23. The van der Waals surface area contributed by atoms with E-state index < -0.39 is 0 Å². The quantitative estimate of drug-likeness (QED) is 0.912.